The molecule has 0 aliphatic carbocycles. The molecule has 2 saturated heterocycles. The van der Waals surface area contributed by atoms with Gasteiger partial charge in [0.15, 0.2) is 0 Å². The first-order chi connectivity index (χ1) is 13.6. The van der Waals surface area contributed by atoms with Crippen LogP contribution < -0.4 is 16.2 Å². The maximum Gasteiger partial charge on any atom is 0.321 e. The number of amides is 2. The number of aryl methyl sites for hydroxylation is 2. The highest BCUT2D eigenvalue weighted by Crippen LogP contribution is 2.24. The molecule has 3 N–H and O–H groups in total. The topological polar surface area (TPSA) is 72.5 Å². The highest BCUT2D eigenvalue weighted by Gasteiger charge is 2.32. The molecule has 0 spiro atoms. The van der Waals surface area contributed by atoms with E-state index in [2.05, 4.69) is 38.2 Å². The van der Waals surface area contributed by atoms with Crippen molar-refractivity contribution in [1.29, 1.82) is 0 Å². The van der Waals surface area contributed by atoms with Crippen molar-refractivity contribution < 1.29 is 4.79 Å². The number of pyridine rings is 1. The largest absolute Gasteiger partial charge is 0.322 e. The molecule has 1 aromatic carbocycles. The number of anilines is 1. The van der Waals surface area contributed by atoms with Crippen LogP contribution in [0.15, 0.2) is 42.7 Å². The van der Waals surface area contributed by atoms with Gasteiger partial charge in [-0.2, -0.15) is 0 Å². The third-order valence-electron chi connectivity index (χ3n) is 5.49. The third-order valence-corrected chi connectivity index (χ3v) is 5.49. The summed E-state index contributed by atoms with van der Waals surface area (Å²) in [4.78, 5) is 21.1. The van der Waals surface area contributed by atoms with Crippen molar-refractivity contribution in [2.24, 2.45) is 0 Å². The molecule has 0 bridgehead atoms. The van der Waals surface area contributed by atoms with E-state index in [-0.39, 0.29) is 18.2 Å². The van der Waals surface area contributed by atoms with Gasteiger partial charge >= 0.3 is 6.03 Å². The highest BCUT2D eigenvalue weighted by atomic mass is 16.2. The van der Waals surface area contributed by atoms with E-state index in [1.165, 1.54) is 5.56 Å². The lowest BCUT2D eigenvalue weighted by Gasteiger charge is -2.37. The van der Waals surface area contributed by atoms with Gasteiger partial charge in [0.05, 0.1) is 12.2 Å². The van der Waals surface area contributed by atoms with Crippen molar-refractivity contribution in [3.05, 3.63) is 59.4 Å². The zero-order valence-corrected chi connectivity index (χ0v) is 16.5. The maximum absolute atomic E-state index is 12.6. The van der Waals surface area contributed by atoms with Crippen molar-refractivity contribution >= 4 is 11.7 Å². The lowest BCUT2D eigenvalue weighted by Crippen LogP contribution is -2.55. The second kappa shape index (κ2) is 8.26. The van der Waals surface area contributed by atoms with Crippen LogP contribution in [-0.2, 0) is 0 Å². The van der Waals surface area contributed by atoms with Gasteiger partial charge in [-0.15, -0.1) is 0 Å². The summed E-state index contributed by atoms with van der Waals surface area (Å²) in [5.41, 5.74) is 11.1. The number of rotatable bonds is 3. The first-order valence-electron chi connectivity index (χ1n) is 9.88. The van der Waals surface area contributed by atoms with Gasteiger partial charge in [0.25, 0.3) is 0 Å². The molecule has 2 amide bonds. The van der Waals surface area contributed by atoms with Crippen LogP contribution in [0.1, 0.15) is 29.2 Å². The molecular formula is C21H28N6O. The molecule has 1 aromatic heterocycles. The van der Waals surface area contributed by atoms with Crippen LogP contribution >= 0.6 is 0 Å². The molecule has 4 rings (SSSR count). The van der Waals surface area contributed by atoms with E-state index in [4.69, 9.17) is 0 Å². The molecule has 2 aliphatic rings. The van der Waals surface area contributed by atoms with E-state index >= 15 is 0 Å². The number of benzene rings is 1. The fourth-order valence-electron chi connectivity index (χ4n) is 4.07. The summed E-state index contributed by atoms with van der Waals surface area (Å²) in [7, 11) is 0. The van der Waals surface area contributed by atoms with E-state index in [1.54, 1.807) is 6.20 Å². The van der Waals surface area contributed by atoms with Crippen LogP contribution in [-0.4, -0.2) is 53.2 Å². The molecule has 7 nitrogen and oxygen atoms in total. The van der Waals surface area contributed by atoms with Crippen molar-refractivity contribution in [1.82, 2.24) is 25.6 Å². The number of nitrogens with zero attached hydrogens (tertiary/aromatic N) is 3. The minimum atomic E-state index is -0.0182. The number of nitrogens with one attached hydrogen (secondary N) is 3. The fraction of sp³-hybridized carbons (Fsp3) is 0.429. The maximum atomic E-state index is 12.6. The van der Waals surface area contributed by atoms with Gasteiger partial charge in [-0.05, 0) is 55.2 Å². The molecule has 28 heavy (non-hydrogen) atoms. The van der Waals surface area contributed by atoms with Crippen LogP contribution in [0.2, 0.25) is 0 Å². The van der Waals surface area contributed by atoms with Crippen LogP contribution in [0, 0.1) is 13.8 Å². The van der Waals surface area contributed by atoms with Crippen LogP contribution in [0.5, 0.6) is 0 Å². The average molecular weight is 380 g/mol. The molecule has 2 unspecified atom stereocenters. The van der Waals surface area contributed by atoms with E-state index < -0.39 is 0 Å². The number of carbonyl (C=O) groups is 1. The Bertz CT molecular complexity index is 799. The number of urea groups is 1. The van der Waals surface area contributed by atoms with Crippen LogP contribution in [0.4, 0.5) is 10.5 Å². The number of carbonyl (C=O) groups excluding carboxylic acids is 1. The third kappa shape index (κ3) is 4.32. The molecule has 2 fully saturated rings. The van der Waals surface area contributed by atoms with Gasteiger partial charge < -0.3 is 10.2 Å². The Balaban J connectivity index is 1.28. The second-order valence-corrected chi connectivity index (χ2v) is 7.71. The summed E-state index contributed by atoms with van der Waals surface area (Å²) >= 11 is 0. The highest BCUT2D eigenvalue weighted by molar-refractivity contribution is 5.89. The SMILES string of the molecule is Cc1cc(C)cc(NC(=O)N2CCN(C3CC(c4cccnc4)NN3)CC2)c1. The summed E-state index contributed by atoms with van der Waals surface area (Å²) < 4.78 is 0. The number of hydrogen-bond acceptors (Lipinski definition) is 5. The van der Waals surface area contributed by atoms with Gasteiger partial charge in [-0.1, -0.05) is 12.1 Å². The number of aromatic nitrogens is 1. The van der Waals surface area contributed by atoms with E-state index in [1.807, 2.05) is 43.1 Å². The molecule has 7 heteroatoms. The predicted octanol–water partition coefficient (Wildman–Crippen LogP) is 2.41. The van der Waals surface area contributed by atoms with Gasteiger partial charge in [-0.25, -0.2) is 15.6 Å². The zero-order valence-electron chi connectivity index (χ0n) is 16.5. The minimum Gasteiger partial charge on any atom is -0.322 e. The van der Waals surface area contributed by atoms with Crippen molar-refractivity contribution in [3.8, 4) is 0 Å². The summed E-state index contributed by atoms with van der Waals surface area (Å²) in [6, 6.07) is 10.4. The van der Waals surface area contributed by atoms with E-state index in [0.29, 0.717) is 0 Å². The lowest BCUT2D eigenvalue weighted by atomic mass is 10.1. The minimum absolute atomic E-state index is 0.0182. The normalized spacial score (nSPS) is 23.0. The molecule has 2 aromatic rings. The average Bonchev–Trinajstić information content (AvgIpc) is 3.18. The molecule has 2 atom stereocenters. The smallest absolute Gasteiger partial charge is 0.321 e. The summed E-state index contributed by atoms with van der Waals surface area (Å²) in [6.07, 6.45) is 4.97. The fourth-order valence-corrected chi connectivity index (χ4v) is 4.07. The summed E-state index contributed by atoms with van der Waals surface area (Å²) in [6.45, 7) is 7.27. The van der Waals surface area contributed by atoms with Gasteiger partial charge in [0.2, 0.25) is 0 Å². The van der Waals surface area contributed by atoms with Gasteiger partial charge in [0, 0.05) is 44.3 Å². The van der Waals surface area contributed by atoms with Crippen LogP contribution in [0.3, 0.4) is 0 Å². The lowest BCUT2D eigenvalue weighted by molar-refractivity contribution is 0.103. The Morgan fingerprint density at radius 1 is 1.11 bits per heavy atom. The molecule has 0 saturated carbocycles. The standard InChI is InChI=1S/C21H28N6O/c1-15-10-16(2)12-18(11-15)23-21(28)27-8-6-26(7-9-27)20-13-19(24-25-20)17-4-3-5-22-14-17/h3-5,10-12,14,19-20,24-25H,6-9,13H2,1-2H3,(H,23,28). The Morgan fingerprint density at radius 2 is 1.86 bits per heavy atom. The first kappa shape index (κ1) is 18.9. The monoisotopic (exact) mass is 380 g/mol. The van der Waals surface area contributed by atoms with E-state index in [0.717, 1.165) is 49.4 Å². The first-order valence-corrected chi connectivity index (χ1v) is 9.88. The molecule has 148 valence electrons. The second-order valence-electron chi connectivity index (χ2n) is 7.71. The van der Waals surface area contributed by atoms with Crippen molar-refractivity contribution in [2.45, 2.75) is 32.5 Å². The van der Waals surface area contributed by atoms with Gasteiger partial charge in [0.1, 0.15) is 0 Å². The Morgan fingerprint density at radius 3 is 2.54 bits per heavy atom. The number of piperazine rings is 1. The number of hydrogen-bond donors (Lipinski definition) is 3. The van der Waals surface area contributed by atoms with E-state index in [9.17, 15) is 4.79 Å². The molecule has 3 heterocycles. The molecular weight excluding hydrogens is 352 g/mol. The summed E-state index contributed by atoms with van der Waals surface area (Å²) in [5.74, 6) is 0. The molecule has 0 radical (unpaired) electrons. The Labute approximate surface area is 166 Å². The van der Waals surface area contributed by atoms with Crippen LogP contribution in [0.25, 0.3) is 0 Å². The van der Waals surface area contributed by atoms with Crippen molar-refractivity contribution in [3.63, 3.8) is 0 Å². The Kier molecular flexibility index (Phi) is 5.57. The van der Waals surface area contributed by atoms with Crippen molar-refractivity contribution in [2.75, 3.05) is 31.5 Å². The molecule has 2 aliphatic heterocycles. The summed E-state index contributed by atoms with van der Waals surface area (Å²) in [5, 5.41) is 3.04. The zero-order chi connectivity index (χ0) is 19.5. The predicted molar refractivity (Wildman–Crippen MR) is 110 cm³/mol. The quantitative estimate of drug-likeness (QED) is 0.763. The number of hydrazine groups is 1. The Hall–Kier alpha value is -2.48. The van der Waals surface area contributed by atoms with Gasteiger partial charge in [-0.3, -0.25) is 9.88 Å².